The SMILES string of the molecule is CC1CCN(c2ncc(C(=O)NC(C)C)cn2)CC1. The van der Waals surface area contributed by atoms with E-state index in [2.05, 4.69) is 27.1 Å². The third kappa shape index (κ3) is 3.66. The lowest BCUT2D eigenvalue weighted by atomic mass is 10.00. The van der Waals surface area contributed by atoms with E-state index in [-0.39, 0.29) is 11.9 Å². The third-order valence-electron chi connectivity index (χ3n) is 3.39. The van der Waals surface area contributed by atoms with Crippen molar-refractivity contribution < 1.29 is 4.79 Å². The van der Waals surface area contributed by atoms with Gasteiger partial charge in [-0.05, 0) is 32.6 Å². The molecule has 5 heteroatoms. The van der Waals surface area contributed by atoms with E-state index in [1.165, 1.54) is 12.8 Å². The summed E-state index contributed by atoms with van der Waals surface area (Å²) in [6.45, 7) is 8.14. The van der Waals surface area contributed by atoms with Crippen molar-refractivity contribution in [1.82, 2.24) is 15.3 Å². The van der Waals surface area contributed by atoms with Gasteiger partial charge in [0.15, 0.2) is 0 Å². The molecule has 2 rings (SSSR count). The summed E-state index contributed by atoms with van der Waals surface area (Å²) >= 11 is 0. The molecule has 0 aromatic carbocycles. The highest BCUT2D eigenvalue weighted by Gasteiger charge is 2.18. The normalized spacial score (nSPS) is 16.7. The number of nitrogens with zero attached hydrogens (tertiary/aromatic N) is 3. The molecule has 1 aromatic rings. The predicted molar refractivity (Wildman–Crippen MR) is 75.2 cm³/mol. The summed E-state index contributed by atoms with van der Waals surface area (Å²) in [4.78, 5) is 22.6. The molecule has 1 amide bonds. The Morgan fingerprint density at radius 2 is 1.89 bits per heavy atom. The molecule has 1 saturated heterocycles. The highest BCUT2D eigenvalue weighted by Crippen LogP contribution is 2.19. The number of rotatable bonds is 3. The largest absolute Gasteiger partial charge is 0.350 e. The molecule has 1 aromatic heterocycles. The minimum atomic E-state index is -0.117. The van der Waals surface area contributed by atoms with E-state index in [1.807, 2.05) is 13.8 Å². The lowest BCUT2D eigenvalue weighted by Gasteiger charge is -2.30. The summed E-state index contributed by atoms with van der Waals surface area (Å²) in [6, 6.07) is 0.121. The Bertz CT molecular complexity index is 422. The zero-order valence-corrected chi connectivity index (χ0v) is 11.9. The molecule has 0 atom stereocenters. The maximum Gasteiger partial charge on any atom is 0.254 e. The lowest BCUT2D eigenvalue weighted by molar-refractivity contribution is 0.0942. The second kappa shape index (κ2) is 5.99. The van der Waals surface area contributed by atoms with Crippen molar-refractivity contribution in [3.8, 4) is 0 Å². The van der Waals surface area contributed by atoms with Gasteiger partial charge in [0, 0.05) is 31.5 Å². The van der Waals surface area contributed by atoms with Gasteiger partial charge in [0.05, 0.1) is 5.56 Å². The molecule has 1 aliphatic rings. The first-order valence-electron chi connectivity index (χ1n) is 6.94. The van der Waals surface area contributed by atoms with Gasteiger partial charge in [-0.3, -0.25) is 4.79 Å². The molecule has 104 valence electrons. The van der Waals surface area contributed by atoms with Crippen LogP contribution in [0, 0.1) is 5.92 Å². The highest BCUT2D eigenvalue weighted by molar-refractivity contribution is 5.93. The maximum absolute atomic E-state index is 11.8. The van der Waals surface area contributed by atoms with Crippen molar-refractivity contribution in [2.24, 2.45) is 5.92 Å². The molecule has 0 saturated carbocycles. The number of anilines is 1. The Hall–Kier alpha value is -1.65. The summed E-state index contributed by atoms with van der Waals surface area (Å²) in [5.74, 6) is 1.40. The van der Waals surface area contributed by atoms with E-state index in [4.69, 9.17) is 0 Å². The second-order valence-electron chi connectivity index (χ2n) is 5.57. The van der Waals surface area contributed by atoms with Gasteiger partial charge in [-0.2, -0.15) is 0 Å². The van der Waals surface area contributed by atoms with E-state index in [0.29, 0.717) is 5.56 Å². The van der Waals surface area contributed by atoms with E-state index >= 15 is 0 Å². The smallest absolute Gasteiger partial charge is 0.254 e. The average Bonchev–Trinajstić information content (AvgIpc) is 2.39. The number of nitrogens with one attached hydrogen (secondary N) is 1. The molecule has 19 heavy (non-hydrogen) atoms. The molecule has 0 bridgehead atoms. The zero-order chi connectivity index (χ0) is 13.8. The minimum Gasteiger partial charge on any atom is -0.350 e. The predicted octanol–water partition coefficient (Wildman–Crippen LogP) is 1.85. The Labute approximate surface area is 114 Å². The van der Waals surface area contributed by atoms with Crippen LogP contribution in [-0.4, -0.2) is 35.0 Å². The van der Waals surface area contributed by atoms with Crippen LogP contribution < -0.4 is 10.2 Å². The second-order valence-corrected chi connectivity index (χ2v) is 5.57. The zero-order valence-electron chi connectivity index (χ0n) is 11.9. The maximum atomic E-state index is 11.8. The first-order valence-corrected chi connectivity index (χ1v) is 6.94. The van der Waals surface area contributed by atoms with Crippen LogP contribution in [0.1, 0.15) is 44.0 Å². The summed E-state index contributed by atoms with van der Waals surface area (Å²) in [5, 5.41) is 2.83. The first kappa shape index (κ1) is 13.8. The van der Waals surface area contributed by atoms with Crippen LogP contribution in [0.2, 0.25) is 0 Å². The molecule has 5 nitrogen and oxygen atoms in total. The van der Waals surface area contributed by atoms with Gasteiger partial charge in [0.25, 0.3) is 5.91 Å². The lowest BCUT2D eigenvalue weighted by Crippen LogP contribution is -2.34. The Balaban J connectivity index is 2.00. The fraction of sp³-hybridized carbons (Fsp3) is 0.643. The Morgan fingerprint density at radius 1 is 1.32 bits per heavy atom. The van der Waals surface area contributed by atoms with Crippen molar-refractivity contribution in [2.45, 2.75) is 39.7 Å². The number of piperidine rings is 1. The van der Waals surface area contributed by atoms with Crippen LogP contribution in [0.15, 0.2) is 12.4 Å². The minimum absolute atomic E-state index is 0.117. The van der Waals surface area contributed by atoms with Crippen molar-refractivity contribution in [3.05, 3.63) is 18.0 Å². The number of carbonyl (C=O) groups excluding carboxylic acids is 1. The molecule has 0 aliphatic carbocycles. The number of carbonyl (C=O) groups is 1. The van der Waals surface area contributed by atoms with Crippen LogP contribution in [0.5, 0.6) is 0 Å². The fourth-order valence-corrected chi connectivity index (χ4v) is 2.16. The van der Waals surface area contributed by atoms with Gasteiger partial charge in [0.1, 0.15) is 0 Å². The number of aromatic nitrogens is 2. The van der Waals surface area contributed by atoms with Crippen LogP contribution in [0.4, 0.5) is 5.95 Å². The average molecular weight is 262 g/mol. The molecule has 0 unspecified atom stereocenters. The first-order chi connectivity index (χ1) is 9.06. The topological polar surface area (TPSA) is 58.1 Å². The van der Waals surface area contributed by atoms with Gasteiger partial charge >= 0.3 is 0 Å². The Kier molecular flexibility index (Phi) is 4.35. The van der Waals surface area contributed by atoms with E-state index in [9.17, 15) is 4.79 Å². The van der Waals surface area contributed by atoms with E-state index in [1.54, 1.807) is 12.4 Å². The molecule has 1 fully saturated rings. The highest BCUT2D eigenvalue weighted by atomic mass is 16.1. The molecule has 1 N–H and O–H groups in total. The molecular weight excluding hydrogens is 240 g/mol. The standard InChI is InChI=1S/C14H22N4O/c1-10(2)17-13(19)12-8-15-14(16-9-12)18-6-4-11(3)5-7-18/h8-11H,4-7H2,1-3H3,(H,17,19). The molecule has 1 aliphatic heterocycles. The van der Waals surface area contributed by atoms with E-state index < -0.39 is 0 Å². The van der Waals surface area contributed by atoms with Crippen molar-refractivity contribution in [1.29, 1.82) is 0 Å². The Morgan fingerprint density at radius 3 is 2.42 bits per heavy atom. The monoisotopic (exact) mass is 262 g/mol. The molecule has 0 radical (unpaired) electrons. The van der Waals surface area contributed by atoms with Crippen molar-refractivity contribution in [3.63, 3.8) is 0 Å². The van der Waals surface area contributed by atoms with Gasteiger partial charge < -0.3 is 10.2 Å². The number of amides is 1. The quantitative estimate of drug-likeness (QED) is 0.903. The van der Waals surface area contributed by atoms with Gasteiger partial charge in [-0.1, -0.05) is 6.92 Å². The van der Waals surface area contributed by atoms with Gasteiger partial charge in [-0.25, -0.2) is 9.97 Å². The molecular formula is C14H22N4O. The van der Waals surface area contributed by atoms with Gasteiger partial charge in [0.2, 0.25) is 5.95 Å². The van der Waals surface area contributed by atoms with Gasteiger partial charge in [-0.15, -0.1) is 0 Å². The van der Waals surface area contributed by atoms with Crippen LogP contribution in [0.25, 0.3) is 0 Å². The van der Waals surface area contributed by atoms with Crippen LogP contribution in [-0.2, 0) is 0 Å². The summed E-state index contributed by atoms with van der Waals surface area (Å²) in [7, 11) is 0. The summed E-state index contributed by atoms with van der Waals surface area (Å²) in [6.07, 6.45) is 5.58. The molecule has 2 heterocycles. The molecule has 0 spiro atoms. The van der Waals surface area contributed by atoms with E-state index in [0.717, 1.165) is 25.0 Å². The number of hydrogen-bond donors (Lipinski definition) is 1. The summed E-state index contributed by atoms with van der Waals surface area (Å²) in [5.41, 5.74) is 0.517. The van der Waals surface area contributed by atoms with Crippen LogP contribution >= 0.6 is 0 Å². The third-order valence-corrected chi connectivity index (χ3v) is 3.39. The van der Waals surface area contributed by atoms with Crippen LogP contribution in [0.3, 0.4) is 0 Å². The number of hydrogen-bond acceptors (Lipinski definition) is 4. The summed E-state index contributed by atoms with van der Waals surface area (Å²) < 4.78 is 0. The van der Waals surface area contributed by atoms with Crippen molar-refractivity contribution in [2.75, 3.05) is 18.0 Å². The van der Waals surface area contributed by atoms with Crippen molar-refractivity contribution >= 4 is 11.9 Å². The fourth-order valence-electron chi connectivity index (χ4n) is 2.16.